The van der Waals surface area contributed by atoms with E-state index in [4.69, 9.17) is 27.1 Å². The molecule has 2 fully saturated rings. The summed E-state index contributed by atoms with van der Waals surface area (Å²) in [5.41, 5.74) is 10.1. The van der Waals surface area contributed by atoms with E-state index in [2.05, 4.69) is 4.90 Å². The number of para-hydroxylation sites is 1. The number of rotatable bonds is 2. The first-order chi connectivity index (χ1) is 16.4. The topological polar surface area (TPSA) is 91.8 Å². The van der Waals surface area contributed by atoms with Crippen molar-refractivity contribution >= 4 is 28.2 Å². The van der Waals surface area contributed by atoms with Crippen molar-refractivity contribution in [2.24, 2.45) is 5.92 Å². The van der Waals surface area contributed by atoms with E-state index in [-0.39, 0.29) is 11.8 Å². The first kappa shape index (κ1) is 19.7. The number of anilines is 1. The number of aromatic hydroxyl groups is 1. The van der Waals surface area contributed by atoms with Crippen LogP contribution >= 0.6 is 11.6 Å². The maximum Gasteiger partial charge on any atom is 0.166 e. The molecule has 1 spiro atoms. The fourth-order valence-electron chi connectivity index (χ4n) is 7.66. The van der Waals surface area contributed by atoms with Crippen LogP contribution in [0.15, 0.2) is 30.3 Å². The number of piperidine rings is 1. The number of nitrogen functional groups attached to an aromatic ring is 1. The smallest absolute Gasteiger partial charge is 0.166 e. The molecule has 174 valence electrons. The number of aromatic nitrogens is 1. The van der Waals surface area contributed by atoms with Gasteiger partial charge in [0.1, 0.15) is 0 Å². The average molecular weight is 476 g/mol. The lowest BCUT2D eigenvalue weighted by Crippen LogP contribution is -2.74. The van der Waals surface area contributed by atoms with Crippen LogP contribution in [0.1, 0.15) is 47.8 Å². The van der Waals surface area contributed by atoms with E-state index in [9.17, 15) is 10.2 Å². The zero-order chi connectivity index (χ0) is 23.0. The van der Waals surface area contributed by atoms with Crippen molar-refractivity contribution in [3.63, 3.8) is 0 Å². The summed E-state index contributed by atoms with van der Waals surface area (Å²) in [5.74, 6) is 1.36. The van der Waals surface area contributed by atoms with Crippen LogP contribution in [0.25, 0.3) is 10.9 Å². The van der Waals surface area contributed by atoms with Crippen molar-refractivity contribution in [3.8, 4) is 11.5 Å². The van der Waals surface area contributed by atoms with Crippen molar-refractivity contribution < 1.29 is 14.9 Å². The van der Waals surface area contributed by atoms with Gasteiger partial charge in [0, 0.05) is 41.2 Å². The maximum absolute atomic E-state index is 12.8. The second-order valence-electron chi connectivity index (χ2n) is 11.0. The quantitative estimate of drug-likeness (QED) is 0.521. The molecule has 4 N–H and O–H groups in total. The molecule has 4 atom stereocenters. The highest BCUT2D eigenvalue weighted by molar-refractivity contribution is 6.35. The molecule has 3 heterocycles. The van der Waals surface area contributed by atoms with Crippen LogP contribution in [0.4, 0.5) is 5.69 Å². The third kappa shape index (κ3) is 2.15. The van der Waals surface area contributed by atoms with E-state index in [0.717, 1.165) is 54.1 Å². The van der Waals surface area contributed by atoms with Gasteiger partial charge in [-0.25, -0.2) is 4.98 Å². The third-order valence-corrected chi connectivity index (χ3v) is 9.66. The Morgan fingerprint density at radius 2 is 2.09 bits per heavy atom. The van der Waals surface area contributed by atoms with Gasteiger partial charge in [0.25, 0.3) is 0 Å². The molecule has 2 aliphatic heterocycles. The molecule has 0 unspecified atom stereocenters. The zero-order valence-corrected chi connectivity index (χ0v) is 19.5. The summed E-state index contributed by atoms with van der Waals surface area (Å²) in [6.07, 6.45) is 3.95. The Bertz CT molecular complexity index is 1420. The molecule has 0 radical (unpaired) electrons. The molecule has 6 nitrogen and oxygen atoms in total. The van der Waals surface area contributed by atoms with E-state index in [0.29, 0.717) is 28.4 Å². The molecule has 1 saturated carbocycles. The normalized spacial score (nSPS) is 32.9. The van der Waals surface area contributed by atoms with E-state index in [1.807, 2.05) is 24.3 Å². The molecule has 1 aromatic heterocycles. The Morgan fingerprint density at radius 1 is 1.24 bits per heavy atom. The van der Waals surface area contributed by atoms with Crippen molar-refractivity contribution in [2.45, 2.75) is 55.3 Å². The number of hydrogen-bond donors (Lipinski definition) is 3. The van der Waals surface area contributed by atoms with Crippen LogP contribution in [0.2, 0.25) is 5.02 Å². The molecule has 3 aliphatic carbocycles. The SMILES string of the molecule is Nc1c2c(nc3c(Cl)cccc13)[C@@H]1Oc3c(O)ccc4c3[C@@]13CCN(CC1CC1)[C@H](C4)[C@]3(O)C2. The first-order valence-corrected chi connectivity index (χ1v) is 12.6. The Labute approximate surface area is 202 Å². The Morgan fingerprint density at radius 3 is 2.91 bits per heavy atom. The summed E-state index contributed by atoms with van der Waals surface area (Å²) in [7, 11) is 0. The minimum absolute atomic E-state index is 0.0291. The summed E-state index contributed by atoms with van der Waals surface area (Å²) in [6, 6.07) is 9.36. The number of ether oxygens (including phenoxy) is 1. The Hall–Kier alpha value is -2.54. The lowest BCUT2D eigenvalue weighted by atomic mass is 9.48. The molecule has 2 aromatic carbocycles. The average Bonchev–Trinajstić information content (AvgIpc) is 3.55. The monoisotopic (exact) mass is 475 g/mol. The largest absolute Gasteiger partial charge is 0.504 e. The van der Waals surface area contributed by atoms with Gasteiger partial charge in [-0.15, -0.1) is 0 Å². The number of benzene rings is 2. The van der Waals surface area contributed by atoms with Crippen LogP contribution in [-0.4, -0.2) is 44.8 Å². The molecule has 1 saturated heterocycles. The van der Waals surface area contributed by atoms with Gasteiger partial charge in [-0.3, -0.25) is 4.90 Å². The van der Waals surface area contributed by atoms with Gasteiger partial charge >= 0.3 is 0 Å². The Kier molecular flexibility index (Phi) is 3.58. The van der Waals surface area contributed by atoms with Gasteiger partial charge in [0.15, 0.2) is 17.6 Å². The van der Waals surface area contributed by atoms with Gasteiger partial charge in [-0.1, -0.05) is 29.8 Å². The number of fused-ring (bicyclic) bond motifs is 3. The zero-order valence-electron chi connectivity index (χ0n) is 18.7. The van der Waals surface area contributed by atoms with Crippen LogP contribution in [0.5, 0.6) is 11.5 Å². The molecule has 7 heteroatoms. The van der Waals surface area contributed by atoms with Crippen molar-refractivity contribution in [1.29, 1.82) is 0 Å². The molecular formula is C27H26ClN3O3. The van der Waals surface area contributed by atoms with Gasteiger partial charge < -0.3 is 20.7 Å². The molecule has 34 heavy (non-hydrogen) atoms. The van der Waals surface area contributed by atoms with E-state index in [1.54, 1.807) is 6.07 Å². The number of halogens is 1. The fourth-order valence-corrected chi connectivity index (χ4v) is 7.88. The van der Waals surface area contributed by atoms with Crippen molar-refractivity contribution in [2.75, 3.05) is 18.8 Å². The summed E-state index contributed by atoms with van der Waals surface area (Å²) in [6.45, 7) is 1.93. The second-order valence-corrected chi connectivity index (χ2v) is 11.4. The number of pyridine rings is 1. The second kappa shape index (κ2) is 6.17. The van der Waals surface area contributed by atoms with Gasteiger partial charge in [-0.05, 0) is 55.8 Å². The predicted molar refractivity (Wildman–Crippen MR) is 129 cm³/mol. The number of likely N-dealkylation sites (tertiary alicyclic amines) is 1. The van der Waals surface area contributed by atoms with Gasteiger partial charge in [-0.2, -0.15) is 0 Å². The van der Waals surface area contributed by atoms with Crippen LogP contribution in [0, 0.1) is 5.92 Å². The lowest BCUT2D eigenvalue weighted by Gasteiger charge is -2.63. The van der Waals surface area contributed by atoms with Gasteiger partial charge in [0.05, 0.1) is 27.2 Å². The number of hydrogen-bond acceptors (Lipinski definition) is 6. The molecule has 5 aliphatic rings. The standard InChI is InChI=1S/C27H26ClN3O3/c28-17-3-1-2-15-21(29)16-11-27(33)19-10-14-6-7-18(32)24-20(14)26(27,8-9-31(19)12-13-4-5-13)25(34-24)23(16)30-22(15)17/h1-3,6-7,13,19,25,32-33H,4-5,8-12H2,(H2,29,30)/t19-,25+,26+,27-/m1/s1. The minimum atomic E-state index is -1.06. The number of phenolic OH excluding ortho intramolecular Hbond substituents is 1. The van der Waals surface area contributed by atoms with E-state index < -0.39 is 17.1 Å². The summed E-state index contributed by atoms with van der Waals surface area (Å²) in [5, 5.41) is 24.9. The highest BCUT2D eigenvalue weighted by atomic mass is 35.5. The first-order valence-electron chi connectivity index (χ1n) is 12.3. The molecule has 8 rings (SSSR count). The van der Waals surface area contributed by atoms with Crippen molar-refractivity contribution in [3.05, 3.63) is 57.7 Å². The summed E-state index contributed by atoms with van der Waals surface area (Å²) >= 11 is 6.54. The van der Waals surface area contributed by atoms with Crippen molar-refractivity contribution in [1.82, 2.24) is 9.88 Å². The molecule has 2 bridgehead atoms. The van der Waals surface area contributed by atoms with Crippen LogP contribution < -0.4 is 10.5 Å². The van der Waals surface area contributed by atoms with E-state index in [1.165, 1.54) is 18.4 Å². The van der Waals surface area contributed by atoms with E-state index >= 15 is 0 Å². The Balaban J connectivity index is 1.43. The minimum Gasteiger partial charge on any atom is -0.504 e. The summed E-state index contributed by atoms with van der Waals surface area (Å²) < 4.78 is 6.58. The molecular weight excluding hydrogens is 450 g/mol. The highest BCUT2D eigenvalue weighted by Crippen LogP contribution is 2.69. The van der Waals surface area contributed by atoms with Crippen LogP contribution in [0.3, 0.4) is 0 Å². The fraction of sp³-hybridized carbons (Fsp3) is 0.444. The molecule has 0 amide bonds. The van der Waals surface area contributed by atoms with Crippen LogP contribution in [-0.2, 0) is 18.3 Å². The number of nitrogens with two attached hydrogens (primary N) is 1. The third-order valence-electron chi connectivity index (χ3n) is 9.35. The number of nitrogens with zero attached hydrogens (tertiary/aromatic N) is 2. The molecule has 3 aromatic rings. The number of aliphatic hydroxyl groups is 1. The van der Waals surface area contributed by atoms with Gasteiger partial charge in [0.2, 0.25) is 0 Å². The lowest BCUT2D eigenvalue weighted by molar-refractivity contribution is -0.173. The maximum atomic E-state index is 12.8. The predicted octanol–water partition coefficient (Wildman–Crippen LogP) is 3.88. The highest BCUT2D eigenvalue weighted by Gasteiger charge is 2.73. The number of phenols is 1. The summed E-state index contributed by atoms with van der Waals surface area (Å²) in [4.78, 5) is 7.54.